The highest BCUT2D eigenvalue weighted by Crippen LogP contribution is 2.10. The molecule has 1 aliphatic rings. The first-order valence-corrected chi connectivity index (χ1v) is 10.7. The van der Waals surface area contributed by atoms with Gasteiger partial charge in [0.05, 0.1) is 12.9 Å². The van der Waals surface area contributed by atoms with Gasteiger partial charge in [0.25, 0.3) is 0 Å². The second kappa shape index (κ2) is 10.0. The Labute approximate surface area is 156 Å². The van der Waals surface area contributed by atoms with Crippen molar-refractivity contribution < 1.29 is 17.9 Å². The van der Waals surface area contributed by atoms with E-state index < -0.39 is 10.0 Å². The van der Waals surface area contributed by atoms with E-state index >= 15 is 0 Å². The number of ether oxygens (including phenoxy) is 1. The third-order valence-corrected chi connectivity index (χ3v) is 5.87. The molecule has 8 heteroatoms. The summed E-state index contributed by atoms with van der Waals surface area (Å²) in [6.45, 7) is 4.71. The van der Waals surface area contributed by atoms with Crippen molar-refractivity contribution in [3.05, 3.63) is 35.9 Å². The minimum absolute atomic E-state index is 0.00966. The highest BCUT2D eigenvalue weighted by atomic mass is 32.2. The van der Waals surface area contributed by atoms with Gasteiger partial charge in [-0.15, -0.1) is 0 Å². The number of sulfonamides is 1. The van der Waals surface area contributed by atoms with Crippen LogP contribution in [0.1, 0.15) is 12.0 Å². The summed E-state index contributed by atoms with van der Waals surface area (Å²) in [5, 5.41) is 0. The Bertz CT molecular complexity index is 658. The molecule has 26 heavy (non-hydrogen) atoms. The maximum Gasteiger partial charge on any atom is 0.223 e. The molecule has 0 saturated carbocycles. The predicted octanol–water partition coefficient (Wildman–Crippen LogP) is 0.629. The van der Waals surface area contributed by atoms with Gasteiger partial charge in [-0.2, -0.15) is 4.31 Å². The molecule has 0 aliphatic carbocycles. The van der Waals surface area contributed by atoms with Crippen LogP contribution in [0, 0.1) is 0 Å². The number of hydrogen-bond donors (Lipinski definition) is 0. The van der Waals surface area contributed by atoms with E-state index in [1.807, 2.05) is 23.1 Å². The van der Waals surface area contributed by atoms with E-state index in [1.54, 1.807) is 0 Å². The number of carbonyl (C=O) groups excluding carboxylic acids is 1. The minimum atomic E-state index is -3.33. The van der Waals surface area contributed by atoms with Gasteiger partial charge >= 0.3 is 0 Å². The monoisotopic (exact) mass is 383 g/mol. The molecule has 0 unspecified atom stereocenters. The van der Waals surface area contributed by atoms with Crippen molar-refractivity contribution in [1.82, 2.24) is 14.1 Å². The molecule has 0 N–H and O–H groups in total. The Morgan fingerprint density at radius 3 is 2.35 bits per heavy atom. The molecule has 0 bridgehead atoms. The SMILES string of the molecule is COCCN(CCC(=O)N1CCN(Cc2ccccc2)CC1)S(C)(=O)=O. The molecule has 2 rings (SSSR count). The summed E-state index contributed by atoms with van der Waals surface area (Å²) in [5.41, 5.74) is 1.27. The van der Waals surface area contributed by atoms with Crippen molar-refractivity contribution in [3.8, 4) is 0 Å². The predicted molar refractivity (Wildman–Crippen MR) is 101 cm³/mol. The van der Waals surface area contributed by atoms with Crippen molar-refractivity contribution in [2.24, 2.45) is 0 Å². The van der Waals surface area contributed by atoms with Crippen LogP contribution in [0.4, 0.5) is 0 Å². The van der Waals surface area contributed by atoms with Crippen LogP contribution in [0.15, 0.2) is 30.3 Å². The Kier molecular flexibility index (Phi) is 8.02. The zero-order valence-electron chi connectivity index (χ0n) is 15.6. The van der Waals surface area contributed by atoms with Crippen molar-refractivity contribution in [2.75, 3.05) is 59.2 Å². The highest BCUT2D eigenvalue weighted by Gasteiger charge is 2.23. The van der Waals surface area contributed by atoms with Crippen LogP contribution in [0.2, 0.25) is 0 Å². The van der Waals surface area contributed by atoms with E-state index in [2.05, 4.69) is 17.0 Å². The number of benzene rings is 1. The van der Waals surface area contributed by atoms with E-state index in [0.29, 0.717) is 19.7 Å². The Morgan fingerprint density at radius 2 is 1.77 bits per heavy atom. The number of nitrogens with zero attached hydrogens (tertiary/aromatic N) is 3. The maximum absolute atomic E-state index is 12.4. The van der Waals surface area contributed by atoms with E-state index in [-0.39, 0.29) is 25.4 Å². The van der Waals surface area contributed by atoms with Crippen molar-refractivity contribution >= 4 is 15.9 Å². The summed E-state index contributed by atoms with van der Waals surface area (Å²) >= 11 is 0. The quantitative estimate of drug-likeness (QED) is 0.626. The molecule has 1 saturated heterocycles. The van der Waals surface area contributed by atoms with Gasteiger partial charge in [0.1, 0.15) is 0 Å². The summed E-state index contributed by atoms with van der Waals surface area (Å²) < 4.78 is 29.8. The standard InChI is InChI=1S/C18H29N3O4S/c1-25-15-14-21(26(2,23)24)9-8-18(22)20-12-10-19(11-13-20)16-17-6-4-3-5-7-17/h3-7H,8-16H2,1-2H3. The van der Waals surface area contributed by atoms with Crippen LogP contribution in [0.5, 0.6) is 0 Å². The molecule has 1 heterocycles. The Hall–Kier alpha value is -1.48. The molecular formula is C18H29N3O4S. The Morgan fingerprint density at radius 1 is 1.12 bits per heavy atom. The van der Waals surface area contributed by atoms with Gasteiger partial charge in [-0.25, -0.2) is 8.42 Å². The molecule has 0 radical (unpaired) electrons. The van der Waals surface area contributed by atoms with Crippen LogP contribution in [0.3, 0.4) is 0 Å². The van der Waals surface area contributed by atoms with Crippen LogP contribution < -0.4 is 0 Å². The average molecular weight is 384 g/mol. The number of piperazine rings is 1. The highest BCUT2D eigenvalue weighted by molar-refractivity contribution is 7.88. The molecule has 1 fully saturated rings. The summed E-state index contributed by atoms with van der Waals surface area (Å²) in [7, 11) is -1.80. The summed E-state index contributed by atoms with van der Waals surface area (Å²) in [5.74, 6) is 0.00966. The number of methoxy groups -OCH3 is 1. The zero-order chi connectivity index (χ0) is 19.0. The zero-order valence-corrected chi connectivity index (χ0v) is 16.5. The number of hydrogen-bond acceptors (Lipinski definition) is 5. The lowest BCUT2D eigenvalue weighted by Gasteiger charge is -2.35. The van der Waals surface area contributed by atoms with Crippen molar-refractivity contribution in [1.29, 1.82) is 0 Å². The first-order valence-electron chi connectivity index (χ1n) is 8.88. The van der Waals surface area contributed by atoms with Gasteiger partial charge in [-0.3, -0.25) is 9.69 Å². The fraction of sp³-hybridized carbons (Fsp3) is 0.611. The van der Waals surface area contributed by atoms with Gasteiger partial charge in [-0.1, -0.05) is 30.3 Å². The second-order valence-corrected chi connectivity index (χ2v) is 8.53. The lowest BCUT2D eigenvalue weighted by molar-refractivity contribution is -0.133. The summed E-state index contributed by atoms with van der Waals surface area (Å²) in [6, 6.07) is 10.3. The fourth-order valence-corrected chi connectivity index (χ4v) is 3.84. The van der Waals surface area contributed by atoms with Crippen LogP contribution in [-0.4, -0.2) is 87.7 Å². The second-order valence-electron chi connectivity index (χ2n) is 6.55. The van der Waals surface area contributed by atoms with E-state index in [9.17, 15) is 13.2 Å². The van der Waals surface area contributed by atoms with Crippen molar-refractivity contribution in [2.45, 2.75) is 13.0 Å². The lowest BCUT2D eigenvalue weighted by Crippen LogP contribution is -2.49. The van der Waals surface area contributed by atoms with E-state index in [1.165, 1.54) is 17.0 Å². The largest absolute Gasteiger partial charge is 0.383 e. The number of rotatable bonds is 9. The van der Waals surface area contributed by atoms with Crippen LogP contribution in [0.25, 0.3) is 0 Å². The molecule has 1 aromatic rings. The molecule has 1 aliphatic heterocycles. The molecule has 0 spiro atoms. The van der Waals surface area contributed by atoms with E-state index in [4.69, 9.17) is 4.74 Å². The normalized spacial score (nSPS) is 16.2. The first-order chi connectivity index (χ1) is 12.4. The Balaban J connectivity index is 1.77. The van der Waals surface area contributed by atoms with Gasteiger partial charge < -0.3 is 9.64 Å². The maximum atomic E-state index is 12.4. The fourth-order valence-electron chi connectivity index (χ4n) is 3.01. The minimum Gasteiger partial charge on any atom is -0.383 e. The van der Waals surface area contributed by atoms with Gasteiger partial charge in [0.2, 0.25) is 15.9 Å². The molecule has 7 nitrogen and oxygen atoms in total. The number of carbonyl (C=O) groups is 1. The lowest BCUT2D eigenvalue weighted by atomic mass is 10.2. The smallest absolute Gasteiger partial charge is 0.223 e. The third-order valence-electron chi connectivity index (χ3n) is 4.56. The number of amides is 1. The molecule has 146 valence electrons. The molecule has 1 amide bonds. The van der Waals surface area contributed by atoms with Gasteiger partial charge in [0, 0.05) is 59.3 Å². The average Bonchev–Trinajstić information content (AvgIpc) is 2.62. The third kappa shape index (κ3) is 6.68. The molecule has 1 aromatic carbocycles. The molecule has 0 atom stereocenters. The van der Waals surface area contributed by atoms with Crippen molar-refractivity contribution in [3.63, 3.8) is 0 Å². The first kappa shape index (κ1) is 20.8. The summed E-state index contributed by atoms with van der Waals surface area (Å²) in [6.07, 6.45) is 1.37. The van der Waals surface area contributed by atoms with Crippen LogP contribution in [-0.2, 0) is 26.1 Å². The molecular weight excluding hydrogens is 354 g/mol. The van der Waals surface area contributed by atoms with E-state index in [0.717, 1.165) is 25.9 Å². The van der Waals surface area contributed by atoms with Gasteiger partial charge in [0.15, 0.2) is 0 Å². The van der Waals surface area contributed by atoms with Crippen LogP contribution >= 0.6 is 0 Å². The topological polar surface area (TPSA) is 70.2 Å². The summed E-state index contributed by atoms with van der Waals surface area (Å²) in [4.78, 5) is 16.6. The van der Waals surface area contributed by atoms with Gasteiger partial charge in [-0.05, 0) is 5.56 Å². The molecule has 0 aromatic heterocycles.